The molecule has 2 rings (SSSR count). The van der Waals surface area contributed by atoms with Gasteiger partial charge in [0.2, 0.25) is 0 Å². The van der Waals surface area contributed by atoms with Crippen LogP contribution in [0, 0.1) is 12.8 Å². The van der Waals surface area contributed by atoms with Crippen LogP contribution in [-0.4, -0.2) is 13.1 Å². The summed E-state index contributed by atoms with van der Waals surface area (Å²) >= 11 is 1.97. The SMILES string of the molecule is CCNCC1CC1c1ccc(C)s1. The molecule has 2 unspecified atom stereocenters. The lowest BCUT2D eigenvalue weighted by atomic mass is 10.2. The zero-order chi connectivity index (χ0) is 9.26. The summed E-state index contributed by atoms with van der Waals surface area (Å²) < 4.78 is 0. The summed E-state index contributed by atoms with van der Waals surface area (Å²) in [5.74, 6) is 1.79. The molecule has 0 amide bonds. The minimum absolute atomic E-state index is 0.873. The Bertz CT molecular complexity index is 279. The van der Waals surface area contributed by atoms with Gasteiger partial charge in [-0.1, -0.05) is 6.92 Å². The number of hydrogen-bond acceptors (Lipinski definition) is 2. The Morgan fingerprint density at radius 1 is 1.54 bits per heavy atom. The third-order valence-corrected chi connectivity index (χ3v) is 3.84. The number of thiophene rings is 1. The summed E-state index contributed by atoms with van der Waals surface area (Å²) in [5.41, 5.74) is 0. The van der Waals surface area contributed by atoms with Crippen molar-refractivity contribution in [1.29, 1.82) is 0 Å². The summed E-state index contributed by atoms with van der Waals surface area (Å²) in [6, 6.07) is 4.54. The van der Waals surface area contributed by atoms with E-state index in [9.17, 15) is 0 Å². The van der Waals surface area contributed by atoms with E-state index in [-0.39, 0.29) is 0 Å². The Morgan fingerprint density at radius 3 is 3.00 bits per heavy atom. The molecular formula is C11H17NS. The van der Waals surface area contributed by atoms with E-state index in [0.717, 1.165) is 18.4 Å². The minimum Gasteiger partial charge on any atom is -0.317 e. The number of hydrogen-bond donors (Lipinski definition) is 1. The molecule has 1 nitrogen and oxygen atoms in total. The molecule has 1 aromatic rings. The van der Waals surface area contributed by atoms with Crippen LogP contribution in [0.2, 0.25) is 0 Å². The number of nitrogens with one attached hydrogen (secondary N) is 1. The van der Waals surface area contributed by atoms with Crippen LogP contribution in [0.3, 0.4) is 0 Å². The fourth-order valence-electron chi connectivity index (χ4n) is 1.80. The zero-order valence-electron chi connectivity index (χ0n) is 8.34. The molecule has 1 aromatic heterocycles. The molecule has 1 N–H and O–H groups in total. The average molecular weight is 195 g/mol. The fourth-order valence-corrected chi connectivity index (χ4v) is 2.89. The summed E-state index contributed by atoms with van der Waals surface area (Å²) in [6.45, 7) is 6.67. The van der Waals surface area contributed by atoms with Crippen molar-refractivity contribution >= 4 is 11.3 Å². The van der Waals surface area contributed by atoms with E-state index in [0.29, 0.717) is 0 Å². The van der Waals surface area contributed by atoms with E-state index < -0.39 is 0 Å². The van der Waals surface area contributed by atoms with Gasteiger partial charge in [0.25, 0.3) is 0 Å². The largest absolute Gasteiger partial charge is 0.317 e. The van der Waals surface area contributed by atoms with Crippen molar-refractivity contribution < 1.29 is 0 Å². The first kappa shape index (κ1) is 9.22. The quantitative estimate of drug-likeness (QED) is 0.779. The minimum atomic E-state index is 0.873. The molecule has 0 aliphatic heterocycles. The Morgan fingerprint density at radius 2 is 2.38 bits per heavy atom. The van der Waals surface area contributed by atoms with Crippen molar-refractivity contribution in [1.82, 2.24) is 5.32 Å². The fraction of sp³-hybridized carbons (Fsp3) is 0.636. The Labute approximate surface area is 84.2 Å². The van der Waals surface area contributed by atoms with E-state index in [1.165, 1.54) is 17.8 Å². The smallest absolute Gasteiger partial charge is 0.00823 e. The molecule has 0 aromatic carbocycles. The summed E-state index contributed by atoms with van der Waals surface area (Å²) in [4.78, 5) is 3.05. The van der Waals surface area contributed by atoms with Gasteiger partial charge in [0.15, 0.2) is 0 Å². The highest BCUT2D eigenvalue weighted by atomic mass is 32.1. The molecule has 1 aliphatic rings. The molecule has 1 saturated carbocycles. The molecule has 2 heteroatoms. The third-order valence-electron chi connectivity index (χ3n) is 2.71. The maximum atomic E-state index is 3.42. The number of aryl methyl sites for hydroxylation is 1. The molecule has 0 spiro atoms. The highest BCUT2D eigenvalue weighted by molar-refractivity contribution is 7.12. The van der Waals surface area contributed by atoms with Crippen molar-refractivity contribution in [2.24, 2.45) is 5.92 Å². The Hall–Kier alpha value is -0.340. The van der Waals surface area contributed by atoms with Crippen molar-refractivity contribution in [2.75, 3.05) is 13.1 Å². The van der Waals surface area contributed by atoms with Gasteiger partial charge in [0.05, 0.1) is 0 Å². The van der Waals surface area contributed by atoms with Crippen LogP contribution in [0.1, 0.15) is 29.0 Å². The Kier molecular flexibility index (Phi) is 2.70. The van der Waals surface area contributed by atoms with Crippen LogP contribution >= 0.6 is 11.3 Å². The molecule has 1 fully saturated rings. The lowest BCUT2D eigenvalue weighted by Crippen LogP contribution is -2.15. The molecule has 72 valence electrons. The van der Waals surface area contributed by atoms with Crippen LogP contribution in [0.4, 0.5) is 0 Å². The van der Waals surface area contributed by atoms with E-state index in [2.05, 4.69) is 31.3 Å². The van der Waals surface area contributed by atoms with E-state index in [4.69, 9.17) is 0 Å². The monoisotopic (exact) mass is 195 g/mol. The maximum Gasteiger partial charge on any atom is 0.00823 e. The van der Waals surface area contributed by atoms with Crippen LogP contribution in [0.5, 0.6) is 0 Å². The van der Waals surface area contributed by atoms with E-state index in [1.807, 2.05) is 11.3 Å². The molecule has 0 saturated heterocycles. The molecule has 1 heterocycles. The maximum absolute atomic E-state index is 3.42. The Balaban J connectivity index is 1.85. The van der Waals surface area contributed by atoms with Crippen molar-refractivity contribution in [3.05, 3.63) is 21.9 Å². The molecule has 0 radical (unpaired) electrons. The summed E-state index contributed by atoms with van der Waals surface area (Å²) in [7, 11) is 0. The highest BCUT2D eigenvalue weighted by Gasteiger charge is 2.38. The summed E-state index contributed by atoms with van der Waals surface area (Å²) in [5, 5.41) is 3.42. The molecule has 1 aliphatic carbocycles. The third kappa shape index (κ3) is 2.12. The standard InChI is InChI=1S/C11H17NS/c1-3-12-7-9-6-10(9)11-5-4-8(2)13-11/h4-5,9-10,12H,3,6-7H2,1-2H3. The molecule has 13 heavy (non-hydrogen) atoms. The van der Waals surface area contributed by atoms with Gasteiger partial charge >= 0.3 is 0 Å². The van der Waals surface area contributed by atoms with Gasteiger partial charge in [-0.2, -0.15) is 0 Å². The normalized spacial score (nSPS) is 26.3. The van der Waals surface area contributed by atoms with Crippen LogP contribution < -0.4 is 5.32 Å². The van der Waals surface area contributed by atoms with Crippen LogP contribution in [-0.2, 0) is 0 Å². The van der Waals surface area contributed by atoms with Gasteiger partial charge in [-0.05, 0) is 50.4 Å². The van der Waals surface area contributed by atoms with E-state index >= 15 is 0 Å². The second kappa shape index (κ2) is 3.81. The first-order valence-electron chi connectivity index (χ1n) is 5.08. The van der Waals surface area contributed by atoms with Gasteiger partial charge in [-0.15, -0.1) is 11.3 Å². The van der Waals surface area contributed by atoms with Crippen molar-refractivity contribution in [3.8, 4) is 0 Å². The lowest BCUT2D eigenvalue weighted by Gasteiger charge is -1.98. The second-order valence-corrected chi connectivity index (χ2v) is 5.18. The first-order chi connectivity index (χ1) is 6.31. The zero-order valence-corrected chi connectivity index (χ0v) is 9.16. The highest BCUT2D eigenvalue weighted by Crippen LogP contribution is 2.49. The van der Waals surface area contributed by atoms with E-state index in [1.54, 1.807) is 4.88 Å². The molecular weight excluding hydrogens is 178 g/mol. The average Bonchev–Trinajstić information content (AvgIpc) is 2.78. The van der Waals surface area contributed by atoms with Gasteiger partial charge in [-0.3, -0.25) is 0 Å². The topological polar surface area (TPSA) is 12.0 Å². The molecule has 2 atom stereocenters. The van der Waals surface area contributed by atoms with Crippen LogP contribution in [0.25, 0.3) is 0 Å². The van der Waals surface area contributed by atoms with Gasteiger partial charge in [0.1, 0.15) is 0 Å². The lowest BCUT2D eigenvalue weighted by molar-refractivity contribution is 0.651. The molecule has 0 bridgehead atoms. The van der Waals surface area contributed by atoms with Crippen molar-refractivity contribution in [2.45, 2.75) is 26.2 Å². The van der Waals surface area contributed by atoms with Gasteiger partial charge < -0.3 is 5.32 Å². The predicted molar refractivity (Wildman–Crippen MR) is 58.4 cm³/mol. The second-order valence-electron chi connectivity index (χ2n) is 3.86. The predicted octanol–water partition coefficient (Wildman–Crippen LogP) is 2.77. The van der Waals surface area contributed by atoms with Crippen LogP contribution in [0.15, 0.2) is 12.1 Å². The van der Waals surface area contributed by atoms with Crippen molar-refractivity contribution in [3.63, 3.8) is 0 Å². The first-order valence-corrected chi connectivity index (χ1v) is 5.90. The van der Waals surface area contributed by atoms with Gasteiger partial charge in [-0.25, -0.2) is 0 Å². The summed E-state index contributed by atoms with van der Waals surface area (Å²) in [6.07, 6.45) is 1.40. The van der Waals surface area contributed by atoms with Gasteiger partial charge in [0, 0.05) is 9.75 Å². The number of rotatable bonds is 4.